The number of H-pyrrole nitrogens is 1. The maximum absolute atomic E-state index is 14.3. The van der Waals surface area contributed by atoms with Gasteiger partial charge in [0.25, 0.3) is 0 Å². The lowest BCUT2D eigenvalue weighted by atomic mass is 9.83. The number of carbonyl (C=O) groups is 3. The molecule has 4 amide bonds. The van der Waals surface area contributed by atoms with Gasteiger partial charge in [-0.2, -0.15) is 5.21 Å². The Kier molecular flexibility index (Phi) is 8.24. The molecule has 11 nitrogen and oxygen atoms in total. The number of carbonyl (C=O) groups excluding carboxylic acids is 3. The highest BCUT2D eigenvalue weighted by Gasteiger charge is 2.38. The van der Waals surface area contributed by atoms with Crippen LogP contribution in [0.5, 0.6) is 0 Å². The van der Waals surface area contributed by atoms with Gasteiger partial charge in [0.05, 0.1) is 0 Å². The highest BCUT2D eigenvalue weighted by atomic mass is 16.2. The minimum atomic E-state index is -0.917. The number of nitrogens with one attached hydrogen (secondary N) is 4. The molecule has 0 radical (unpaired) electrons. The molecule has 2 heterocycles. The van der Waals surface area contributed by atoms with E-state index < -0.39 is 17.6 Å². The molecule has 0 bridgehead atoms. The average molecular weight is 581 g/mol. The number of nitrogens with zero attached hydrogens (tertiary/aromatic N) is 4. The maximum atomic E-state index is 14.3. The summed E-state index contributed by atoms with van der Waals surface area (Å²) < 4.78 is 0. The molecule has 1 aromatic heterocycles. The van der Waals surface area contributed by atoms with E-state index in [4.69, 9.17) is 0 Å². The predicted octanol–water partition coefficient (Wildman–Crippen LogP) is 4.46. The number of rotatable bonds is 6. The Bertz CT molecular complexity index is 1640. The molecule has 2 unspecified atom stereocenters. The smallest absolute Gasteiger partial charge is 0.319 e. The number of urea groups is 1. The van der Waals surface area contributed by atoms with Gasteiger partial charge in [-0.1, -0.05) is 48.5 Å². The largest absolute Gasteiger partial charge is 0.350 e. The van der Waals surface area contributed by atoms with Crippen molar-refractivity contribution in [1.82, 2.24) is 31.3 Å². The zero-order valence-electron chi connectivity index (χ0n) is 24.9. The predicted molar refractivity (Wildman–Crippen MR) is 165 cm³/mol. The second-order valence-corrected chi connectivity index (χ2v) is 11.9. The molecule has 0 aliphatic carbocycles. The number of aryl methyl sites for hydroxylation is 2. The number of fused-ring (bicyclic) bond motifs is 1. The molecular formula is C32H36N8O3. The first-order chi connectivity index (χ1) is 20.5. The van der Waals surface area contributed by atoms with Crippen molar-refractivity contribution in [3.8, 4) is 11.4 Å². The van der Waals surface area contributed by atoms with Crippen molar-refractivity contribution in [3.63, 3.8) is 0 Å². The summed E-state index contributed by atoms with van der Waals surface area (Å²) in [6.45, 7) is 9.49. The average Bonchev–Trinajstić information content (AvgIpc) is 3.46. The van der Waals surface area contributed by atoms with Gasteiger partial charge in [0.15, 0.2) is 0 Å². The Morgan fingerprint density at radius 3 is 2.51 bits per heavy atom. The molecule has 43 heavy (non-hydrogen) atoms. The fraction of sp³-hybridized carbons (Fsp3) is 0.312. The van der Waals surface area contributed by atoms with Crippen LogP contribution >= 0.6 is 0 Å². The normalized spacial score (nSPS) is 16.7. The summed E-state index contributed by atoms with van der Waals surface area (Å²) in [6.07, 6.45) is 0.313. The van der Waals surface area contributed by atoms with Crippen LogP contribution in [0.1, 0.15) is 55.4 Å². The number of hydrogen-bond donors (Lipinski definition) is 4. The Labute approximate surface area is 250 Å². The standard InChI is InChI=1S/C32H36N8O3/c1-19-13-14-24-25(23-12-7-6-9-20(23)2)17-26(30(42)40(27(24)15-19)18-28(41)35-32(3,4)5)34-31(43)33-22-11-8-10-21(16-22)29-36-38-39-37-29/h6-16,25-26H,17-18H2,1-5H3,(H,35,41)(H2,33,34,43)(H,36,37,38,39). The minimum Gasteiger partial charge on any atom is -0.350 e. The number of amides is 4. The second-order valence-electron chi connectivity index (χ2n) is 11.9. The van der Waals surface area contributed by atoms with Crippen LogP contribution in [-0.4, -0.2) is 56.6 Å². The van der Waals surface area contributed by atoms with Gasteiger partial charge in [-0.25, -0.2) is 4.79 Å². The molecule has 11 heteroatoms. The molecule has 1 aliphatic heterocycles. The quantitative estimate of drug-likeness (QED) is 0.265. The fourth-order valence-electron chi connectivity index (χ4n) is 5.46. The summed E-state index contributed by atoms with van der Waals surface area (Å²) in [5, 5.41) is 22.7. The third kappa shape index (κ3) is 6.88. The fourth-order valence-corrected chi connectivity index (χ4v) is 5.46. The number of hydrogen-bond acceptors (Lipinski definition) is 6. The van der Waals surface area contributed by atoms with E-state index >= 15 is 0 Å². The van der Waals surface area contributed by atoms with E-state index in [1.54, 1.807) is 24.3 Å². The molecule has 0 saturated carbocycles. The molecule has 3 aromatic carbocycles. The molecule has 4 aromatic rings. The van der Waals surface area contributed by atoms with Gasteiger partial charge in [-0.05, 0) is 86.7 Å². The van der Waals surface area contributed by atoms with Crippen LogP contribution in [0.2, 0.25) is 0 Å². The van der Waals surface area contributed by atoms with Gasteiger partial charge < -0.3 is 20.9 Å². The van der Waals surface area contributed by atoms with Gasteiger partial charge in [0, 0.05) is 28.4 Å². The summed E-state index contributed by atoms with van der Waals surface area (Å²) in [5.41, 5.74) is 5.37. The Morgan fingerprint density at radius 1 is 1.00 bits per heavy atom. The summed E-state index contributed by atoms with van der Waals surface area (Å²) in [6, 6.07) is 19.6. The molecule has 222 valence electrons. The molecule has 0 saturated heterocycles. The number of tetrazole rings is 1. The van der Waals surface area contributed by atoms with Crippen LogP contribution in [-0.2, 0) is 9.59 Å². The van der Waals surface area contributed by atoms with Crippen LogP contribution < -0.4 is 20.9 Å². The Hall–Kier alpha value is -5.06. The molecule has 5 rings (SSSR count). The first kappa shape index (κ1) is 29.4. The van der Waals surface area contributed by atoms with Crippen molar-refractivity contribution < 1.29 is 14.4 Å². The lowest BCUT2D eigenvalue weighted by Crippen LogP contribution is -2.53. The van der Waals surface area contributed by atoms with E-state index in [0.717, 1.165) is 22.3 Å². The second kappa shape index (κ2) is 12.0. The number of anilines is 2. The number of aromatic amines is 1. The monoisotopic (exact) mass is 580 g/mol. The van der Waals surface area contributed by atoms with E-state index in [1.807, 2.05) is 71.0 Å². The molecule has 4 N–H and O–H groups in total. The summed E-state index contributed by atoms with van der Waals surface area (Å²) in [5.74, 6) is -0.462. The topological polar surface area (TPSA) is 145 Å². The highest BCUT2D eigenvalue weighted by molar-refractivity contribution is 6.05. The summed E-state index contributed by atoms with van der Waals surface area (Å²) in [4.78, 5) is 42.3. The first-order valence-electron chi connectivity index (χ1n) is 14.2. The first-order valence-corrected chi connectivity index (χ1v) is 14.2. The van der Waals surface area contributed by atoms with Gasteiger partial charge >= 0.3 is 6.03 Å². The Balaban J connectivity index is 1.49. The lowest BCUT2D eigenvalue weighted by Gasteiger charge is -2.28. The minimum absolute atomic E-state index is 0.181. The van der Waals surface area contributed by atoms with E-state index in [0.29, 0.717) is 29.2 Å². The van der Waals surface area contributed by atoms with Crippen LogP contribution in [0.3, 0.4) is 0 Å². The van der Waals surface area contributed by atoms with E-state index in [2.05, 4.69) is 42.6 Å². The maximum Gasteiger partial charge on any atom is 0.319 e. The van der Waals surface area contributed by atoms with Crippen molar-refractivity contribution in [2.75, 3.05) is 16.8 Å². The highest BCUT2D eigenvalue weighted by Crippen LogP contribution is 2.40. The Morgan fingerprint density at radius 2 is 1.79 bits per heavy atom. The molecule has 0 spiro atoms. The van der Waals surface area contributed by atoms with Crippen LogP contribution in [0.25, 0.3) is 11.4 Å². The van der Waals surface area contributed by atoms with Crippen molar-refractivity contribution in [2.24, 2.45) is 0 Å². The summed E-state index contributed by atoms with van der Waals surface area (Å²) >= 11 is 0. The molecule has 2 atom stereocenters. The van der Waals surface area contributed by atoms with Crippen LogP contribution in [0.4, 0.5) is 16.2 Å². The van der Waals surface area contributed by atoms with Crippen molar-refractivity contribution in [3.05, 3.63) is 89.0 Å². The zero-order chi connectivity index (χ0) is 30.7. The van der Waals surface area contributed by atoms with Gasteiger partial charge in [-0.3, -0.25) is 9.59 Å². The van der Waals surface area contributed by atoms with Gasteiger partial charge in [-0.15, -0.1) is 10.2 Å². The van der Waals surface area contributed by atoms with E-state index in [9.17, 15) is 14.4 Å². The third-order valence-electron chi connectivity index (χ3n) is 7.30. The van der Waals surface area contributed by atoms with E-state index in [1.165, 1.54) is 4.90 Å². The molecular weight excluding hydrogens is 544 g/mol. The number of aromatic nitrogens is 4. The van der Waals surface area contributed by atoms with Crippen LogP contribution in [0.15, 0.2) is 66.7 Å². The lowest BCUT2D eigenvalue weighted by molar-refractivity contribution is -0.125. The van der Waals surface area contributed by atoms with Crippen LogP contribution in [0, 0.1) is 13.8 Å². The summed E-state index contributed by atoms with van der Waals surface area (Å²) in [7, 11) is 0. The molecule has 1 aliphatic rings. The van der Waals surface area contributed by atoms with E-state index in [-0.39, 0.29) is 24.3 Å². The van der Waals surface area contributed by atoms with Crippen molar-refractivity contribution >= 4 is 29.2 Å². The number of benzene rings is 3. The van der Waals surface area contributed by atoms with Crippen molar-refractivity contribution in [2.45, 2.75) is 58.5 Å². The van der Waals surface area contributed by atoms with Crippen molar-refractivity contribution in [1.29, 1.82) is 0 Å². The van der Waals surface area contributed by atoms with Gasteiger partial charge in [0.1, 0.15) is 12.6 Å². The molecule has 0 fully saturated rings. The van der Waals surface area contributed by atoms with Gasteiger partial charge in [0.2, 0.25) is 17.6 Å². The zero-order valence-corrected chi connectivity index (χ0v) is 24.9. The SMILES string of the molecule is Cc1ccc2c(c1)N(CC(=O)NC(C)(C)C)C(=O)C(NC(=O)Nc1cccc(-c3nn[nH]n3)c1)CC2c1ccccc1C. The third-order valence-corrected chi connectivity index (χ3v) is 7.30.